The lowest BCUT2D eigenvalue weighted by Crippen LogP contribution is -2.57. The van der Waals surface area contributed by atoms with Crippen molar-refractivity contribution in [1.82, 2.24) is 0 Å². The van der Waals surface area contributed by atoms with Crippen molar-refractivity contribution >= 4 is 17.3 Å². The first kappa shape index (κ1) is 33.4. The number of benzene rings is 2. The van der Waals surface area contributed by atoms with Crippen LogP contribution in [0.4, 0.5) is 0 Å². The predicted octanol–water partition coefficient (Wildman–Crippen LogP) is 0.876. The van der Waals surface area contributed by atoms with Gasteiger partial charge in [0.15, 0.2) is 24.1 Å². The van der Waals surface area contributed by atoms with E-state index in [0.29, 0.717) is 0 Å². The van der Waals surface area contributed by atoms with Gasteiger partial charge in [0.2, 0.25) is 5.78 Å². The number of ether oxygens (including phenoxy) is 5. The highest BCUT2D eigenvalue weighted by Crippen LogP contribution is 2.52. The van der Waals surface area contributed by atoms with E-state index in [1.54, 1.807) is 13.8 Å². The lowest BCUT2D eigenvalue weighted by molar-refractivity contribution is -0.294. The summed E-state index contributed by atoms with van der Waals surface area (Å²) < 4.78 is 29.6. The van der Waals surface area contributed by atoms with Crippen LogP contribution in [0, 0.1) is 0 Å². The fourth-order valence-electron chi connectivity index (χ4n) is 7.21. The summed E-state index contributed by atoms with van der Waals surface area (Å²) in [5.74, 6) is -3.24. The lowest BCUT2D eigenvalue weighted by Gasteiger charge is -2.44. The molecule has 47 heavy (non-hydrogen) atoms. The number of ketones is 3. The van der Waals surface area contributed by atoms with Crippen molar-refractivity contribution in [3.8, 4) is 17.2 Å². The third kappa shape index (κ3) is 5.52. The van der Waals surface area contributed by atoms with Gasteiger partial charge in [0.05, 0.1) is 48.2 Å². The van der Waals surface area contributed by atoms with Gasteiger partial charge in [-0.2, -0.15) is 0 Å². The minimum atomic E-state index is -2.04. The van der Waals surface area contributed by atoms with E-state index in [9.17, 15) is 34.8 Å². The number of methoxy groups -OCH3 is 1. The zero-order valence-electron chi connectivity index (χ0n) is 26.5. The fourth-order valence-corrected chi connectivity index (χ4v) is 7.21. The van der Waals surface area contributed by atoms with Crippen LogP contribution < -0.4 is 16.2 Å². The molecule has 14 heteroatoms. The summed E-state index contributed by atoms with van der Waals surface area (Å²) >= 11 is 0. The Morgan fingerprint density at radius 2 is 1.57 bits per heavy atom. The molecule has 14 nitrogen and oxygen atoms in total. The van der Waals surface area contributed by atoms with Crippen molar-refractivity contribution in [1.29, 1.82) is 0 Å². The van der Waals surface area contributed by atoms with Gasteiger partial charge in [-0.1, -0.05) is 12.1 Å². The largest absolute Gasteiger partial charge is 0.507 e. The zero-order chi connectivity index (χ0) is 34.1. The Hall–Kier alpha value is -3.47. The Bertz CT molecular complexity index is 1610. The topological polar surface area (TPSA) is 230 Å². The number of rotatable bonds is 6. The SMILES string of the molecule is COc1cccc2c1C(=O)c1c(O)c3c(c(O)c1C2=O)C[C@@](O)(C(C)=O)C[C@@H]3O[C@H]1C[C@H](N)[C@H](O[C@H]2C[C@H](N)[C@@H](O)[C@H](C)O2)[C@H](C)O1. The number of nitrogens with two attached hydrogens (primary N) is 2. The minimum Gasteiger partial charge on any atom is -0.507 e. The minimum absolute atomic E-state index is 0.0245. The molecule has 2 heterocycles. The van der Waals surface area contributed by atoms with E-state index >= 15 is 0 Å². The smallest absolute Gasteiger partial charge is 0.202 e. The Balaban J connectivity index is 1.33. The van der Waals surface area contributed by atoms with Crippen LogP contribution in [0.5, 0.6) is 17.2 Å². The van der Waals surface area contributed by atoms with E-state index in [-0.39, 0.29) is 47.3 Å². The molecule has 2 fully saturated rings. The van der Waals surface area contributed by atoms with Gasteiger partial charge < -0.3 is 55.6 Å². The van der Waals surface area contributed by atoms with Gasteiger partial charge in [0, 0.05) is 54.5 Å². The molecule has 8 N–H and O–H groups in total. The monoisotopic (exact) mass is 656 g/mol. The molecule has 0 bridgehead atoms. The summed E-state index contributed by atoms with van der Waals surface area (Å²) in [5, 5.41) is 44.7. The van der Waals surface area contributed by atoms with Crippen molar-refractivity contribution in [3.05, 3.63) is 51.6 Å². The number of hydrogen-bond acceptors (Lipinski definition) is 14. The molecule has 0 unspecified atom stereocenters. The lowest BCUT2D eigenvalue weighted by atomic mass is 9.72. The summed E-state index contributed by atoms with van der Waals surface area (Å²) in [5.41, 5.74) is 9.42. The first-order valence-corrected chi connectivity index (χ1v) is 15.6. The molecule has 0 spiro atoms. The molecule has 4 aliphatic rings. The highest BCUT2D eigenvalue weighted by atomic mass is 16.7. The normalized spacial score (nSPS) is 35.1. The number of carbonyl (C=O) groups is 3. The van der Waals surface area contributed by atoms with Crippen LogP contribution in [0.15, 0.2) is 18.2 Å². The molecule has 0 radical (unpaired) electrons. The maximum atomic E-state index is 13.8. The predicted molar refractivity (Wildman–Crippen MR) is 162 cm³/mol. The standard InChI is InChI=1S/C33H40N2O12/c1-12-27(37)17(34)8-22(44-12)47-32-13(2)45-21(9-18(32)35)46-20-11-33(42,14(3)36)10-16-24(20)31(41)26-25(29(16)39)28(38)15-6-5-7-19(43-4)23(15)30(26)40/h5-7,12-13,17-18,20-22,27,32,37,39,41-42H,8-11,34-35H2,1-4H3/t12-,13-,17-,18-,20-,21-,22-,27-,32+,33-/m0/s1. The van der Waals surface area contributed by atoms with Gasteiger partial charge in [-0.3, -0.25) is 14.4 Å². The first-order valence-electron chi connectivity index (χ1n) is 15.6. The number of phenols is 2. The second kappa shape index (κ2) is 12.2. The molecule has 6 rings (SSSR count). The molecule has 0 amide bonds. The Morgan fingerprint density at radius 1 is 0.936 bits per heavy atom. The van der Waals surface area contributed by atoms with E-state index in [1.165, 1.54) is 32.2 Å². The van der Waals surface area contributed by atoms with Gasteiger partial charge in [0.25, 0.3) is 0 Å². The highest BCUT2D eigenvalue weighted by molar-refractivity contribution is 6.31. The van der Waals surface area contributed by atoms with Crippen molar-refractivity contribution in [2.45, 2.75) is 107 Å². The second-order valence-corrected chi connectivity index (χ2v) is 12.9. The number of aliphatic hydroxyl groups excluding tert-OH is 1. The average Bonchev–Trinajstić information content (AvgIpc) is 3.01. The molecule has 2 aromatic carbocycles. The number of aliphatic hydroxyl groups is 2. The maximum Gasteiger partial charge on any atom is 0.202 e. The van der Waals surface area contributed by atoms with Crippen molar-refractivity contribution in [2.75, 3.05) is 7.11 Å². The quantitative estimate of drug-likeness (QED) is 0.202. The number of hydrogen-bond donors (Lipinski definition) is 6. The summed E-state index contributed by atoms with van der Waals surface area (Å²) in [6, 6.07) is 3.25. The number of carbonyl (C=O) groups excluding carboxylic acids is 3. The molecule has 10 atom stereocenters. The summed E-state index contributed by atoms with van der Waals surface area (Å²) in [6.45, 7) is 4.60. The van der Waals surface area contributed by atoms with Crippen molar-refractivity contribution in [2.24, 2.45) is 11.5 Å². The van der Waals surface area contributed by atoms with Crippen LogP contribution in [-0.4, -0.2) is 99.6 Å². The molecule has 2 aliphatic carbocycles. The Morgan fingerprint density at radius 3 is 2.21 bits per heavy atom. The molecule has 2 aliphatic heterocycles. The molecule has 2 aromatic rings. The van der Waals surface area contributed by atoms with E-state index in [1.807, 2.05) is 0 Å². The Labute approximate surface area is 270 Å². The molecule has 2 saturated heterocycles. The van der Waals surface area contributed by atoms with E-state index in [2.05, 4.69) is 0 Å². The fraction of sp³-hybridized carbons (Fsp3) is 0.545. The molecule has 0 aromatic heterocycles. The van der Waals surface area contributed by atoms with E-state index in [4.69, 9.17) is 35.2 Å². The average molecular weight is 657 g/mol. The van der Waals surface area contributed by atoms with Crippen molar-refractivity contribution in [3.63, 3.8) is 0 Å². The summed E-state index contributed by atoms with van der Waals surface area (Å²) in [4.78, 5) is 40.2. The van der Waals surface area contributed by atoms with Crippen molar-refractivity contribution < 1.29 is 58.5 Å². The molecule has 0 saturated carbocycles. The summed E-state index contributed by atoms with van der Waals surface area (Å²) in [6.07, 6.45) is -6.16. The second-order valence-electron chi connectivity index (χ2n) is 12.9. The van der Waals surface area contributed by atoms with Gasteiger partial charge in [-0.15, -0.1) is 0 Å². The van der Waals surface area contributed by atoms with Crippen LogP contribution in [0.2, 0.25) is 0 Å². The molecule has 254 valence electrons. The van der Waals surface area contributed by atoms with Gasteiger partial charge in [-0.05, 0) is 26.8 Å². The van der Waals surface area contributed by atoms with Gasteiger partial charge in [-0.25, -0.2) is 0 Å². The van der Waals surface area contributed by atoms with Crippen LogP contribution >= 0.6 is 0 Å². The molecular weight excluding hydrogens is 616 g/mol. The third-order valence-electron chi connectivity index (χ3n) is 9.82. The number of fused-ring (bicyclic) bond motifs is 3. The summed E-state index contributed by atoms with van der Waals surface area (Å²) in [7, 11) is 1.34. The Kier molecular flexibility index (Phi) is 8.68. The van der Waals surface area contributed by atoms with Gasteiger partial charge in [0.1, 0.15) is 29.0 Å². The first-order chi connectivity index (χ1) is 22.2. The zero-order valence-corrected chi connectivity index (χ0v) is 26.5. The number of phenolic OH excluding ortho intramolecular Hbond substituents is 2. The van der Waals surface area contributed by atoms with E-state index in [0.717, 1.165) is 0 Å². The number of aromatic hydroxyl groups is 2. The van der Waals surface area contributed by atoms with Crippen LogP contribution in [0.3, 0.4) is 0 Å². The third-order valence-corrected chi connectivity index (χ3v) is 9.82. The molecular formula is C33H40N2O12. The van der Waals surface area contributed by atoms with Gasteiger partial charge >= 0.3 is 0 Å². The maximum absolute atomic E-state index is 13.8. The number of Topliss-reactive ketones (excluding diaryl/α,β-unsaturated/α-hetero) is 1. The van der Waals surface area contributed by atoms with Crippen LogP contribution in [0.1, 0.15) is 89.1 Å². The van der Waals surface area contributed by atoms with E-state index < -0.39 is 107 Å². The highest BCUT2D eigenvalue weighted by Gasteiger charge is 2.50. The van der Waals surface area contributed by atoms with Crippen LogP contribution in [-0.2, 0) is 30.2 Å². The van der Waals surface area contributed by atoms with Crippen LogP contribution in [0.25, 0.3) is 0 Å².